The summed E-state index contributed by atoms with van der Waals surface area (Å²) in [5.41, 5.74) is 7.30. The molecule has 0 amide bonds. The third kappa shape index (κ3) is 2.53. The molecule has 2 aliphatic rings. The van der Waals surface area contributed by atoms with Crippen molar-refractivity contribution in [3.05, 3.63) is 11.6 Å². The zero-order valence-corrected chi connectivity index (χ0v) is 7.96. The van der Waals surface area contributed by atoms with Gasteiger partial charge in [-0.05, 0) is 18.8 Å². The van der Waals surface area contributed by atoms with Gasteiger partial charge in [0.05, 0.1) is 0 Å². The Labute approximate surface area is 79.3 Å². The van der Waals surface area contributed by atoms with Gasteiger partial charge >= 0.3 is 0 Å². The smallest absolute Gasteiger partial charge is 0.0498 e. The lowest BCUT2D eigenvalue weighted by Crippen LogP contribution is -2.38. The molecule has 13 heavy (non-hydrogen) atoms. The molecule has 0 spiro atoms. The van der Waals surface area contributed by atoms with E-state index in [1.807, 2.05) is 0 Å². The van der Waals surface area contributed by atoms with E-state index in [4.69, 9.17) is 10.5 Å². The number of hydrogen-bond acceptors (Lipinski definition) is 3. The van der Waals surface area contributed by atoms with Crippen LogP contribution in [0.3, 0.4) is 0 Å². The summed E-state index contributed by atoms with van der Waals surface area (Å²) < 4.78 is 5.35. The highest BCUT2D eigenvalue weighted by atomic mass is 16.5. The number of hydrogen-bond donors (Lipinski definition) is 2. The van der Waals surface area contributed by atoms with E-state index in [0.717, 1.165) is 32.2 Å². The van der Waals surface area contributed by atoms with E-state index in [0.29, 0.717) is 0 Å². The van der Waals surface area contributed by atoms with Gasteiger partial charge in [-0.3, -0.25) is 0 Å². The quantitative estimate of drug-likeness (QED) is 0.603. The monoisotopic (exact) mass is 182 g/mol. The van der Waals surface area contributed by atoms with Crippen LogP contribution in [0.4, 0.5) is 0 Å². The van der Waals surface area contributed by atoms with Gasteiger partial charge in [-0.15, -0.1) is 0 Å². The number of nitrogens with two attached hydrogens (primary N) is 1. The van der Waals surface area contributed by atoms with Crippen LogP contribution >= 0.6 is 0 Å². The minimum atomic E-state index is 0.214. The topological polar surface area (TPSA) is 47.3 Å². The maximum absolute atomic E-state index is 5.83. The van der Waals surface area contributed by atoms with Gasteiger partial charge in [0.25, 0.3) is 0 Å². The Morgan fingerprint density at radius 2 is 2.54 bits per heavy atom. The van der Waals surface area contributed by atoms with Crippen LogP contribution in [-0.2, 0) is 4.74 Å². The first kappa shape index (κ1) is 9.19. The van der Waals surface area contributed by atoms with Crippen molar-refractivity contribution in [2.24, 2.45) is 11.7 Å². The summed E-state index contributed by atoms with van der Waals surface area (Å²) in [6.45, 7) is 3.82. The van der Waals surface area contributed by atoms with E-state index in [2.05, 4.69) is 11.4 Å². The number of rotatable bonds is 2. The molecule has 2 rings (SSSR count). The molecule has 2 atom stereocenters. The first-order valence-corrected chi connectivity index (χ1v) is 5.08. The van der Waals surface area contributed by atoms with E-state index in [9.17, 15) is 0 Å². The molecule has 2 aliphatic heterocycles. The Balaban J connectivity index is 1.85. The van der Waals surface area contributed by atoms with E-state index < -0.39 is 0 Å². The molecule has 3 nitrogen and oxygen atoms in total. The van der Waals surface area contributed by atoms with Gasteiger partial charge in [-0.2, -0.15) is 0 Å². The van der Waals surface area contributed by atoms with Crippen molar-refractivity contribution in [3.8, 4) is 0 Å². The molecule has 0 aromatic carbocycles. The fourth-order valence-electron chi connectivity index (χ4n) is 2.08. The lowest BCUT2D eigenvalue weighted by atomic mass is 9.95. The molecule has 2 heterocycles. The van der Waals surface area contributed by atoms with Crippen LogP contribution in [0, 0.1) is 5.92 Å². The summed E-state index contributed by atoms with van der Waals surface area (Å²) in [5.74, 6) is 0.735. The Hall–Kier alpha value is -0.380. The van der Waals surface area contributed by atoms with Crippen LogP contribution in [0.5, 0.6) is 0 Å². The lowest BCUT2D eigenvalue weighted by molar-refractivity contribution is 0.185. The molecule has 0 radical (unpaired) electrons. The van der Waals surface area contributed by atoms with Gasteiger partial charge in [0.1, 0.15) is 0 Å². The molecule has 2 unspecified atom stereocenters. The van der Waals surface area contributed by atoms with Crippen molar-refractivity contribution in [2.45, 2.75) is 18.9 Å². The number of nitrogens with one attached hydrogen (secondary N) is 1. The van der Waals surface area contributed by atoms with E-state index in [1.165, 1.54) is 18.4 Å². The average Bonchev–Trinajstić information content (AvgIpc) is 2.57. The summed E-state index contributed by atoms with van der Waals surface area (Å²) in [5, 5.41) is 3.32. The van der Waals surface area contributed by atoms with Crippen molar-refractivity contribution < 1.29 is 4.74 Å². The summed E-state index contributed by atoms with van der Waals surface area (Å²) in [4.78, 5) is 0. The van der Waals surface area contributed by atoms with Crippen LogP contribution in [0.15, 0.2) is 11.6 Å². The van der Waals surface area contributed by atoms with Crippen molar-refractivity contribution in [3.63, 3.8) is 0 Å². The molecule has 74 valence electrons. The highest BCUT2D eigenvalue weighted by Crippen LogP contribution is 2.21. The molecular formula is C10H18N2O. The highest BCUT2D eigenvalue weighted by molar-refractivity contribution is 5.13. The third-order valence-corrected chi connectivity index (χ3v) is 2.76. The molecule has 0 aromatic heterocycles. The fourth-order valence-corrected chi connectivity index (χ4v) is 2.08. The molecular weight excluding hydrogens is 164 g/mol. The van der Waals surface area contributed by atoms with E-state index in [1.54, 1.807) is 0 Å². The summed E-state index contributed by atoms with van der Waals surface area (Å²) >= 11 is 0. The molecule has 1 fully saturated rings. The van der Waals surface area contributed by atoms with Gasteiger partial charge in [0.2, 0.25) is 0 Å². The largest absolute Gasteiger partial charge is 0.381 e. The minimum absolute atomic E-state index is 0.214. The lowest BCUT2D eigenvalue weighted by Gasteiger charge is -2.20. The molecule has 0 bridgehead atoms. The number of ether oxygens (including phenoxy) is 1. The molecule has 0 aliphatic carbocycles. The normalized spacial score (nSPS) is 34.7. The van der Waals surface area contributed by atoms with E-state index in [-0.39, 0.29) is 6.04 Å². The highest BCUT2D eigenvalue weighted by Gasteiger charge is 2.18. The summed E-state index contributed by atoms with van der Waals surface area (Å²) in [7, 11) is 0. The molecule has 1 saturated heterocycles. The van der Waals surface area contributed by atoms with Gasteiger partial charge in [0, 0.05) is 32.3 Å². The standard InChI is InChI=1S/C10H18N2O/c11-10-4-9(5-12-6-10)3-8-1-2-13-7-8/h4,8,10,12H,1-3,5-7,11H2. The molecule has 3 N–H and O–H groups in total. The first-order valence-electron chi connectivity index (χ1n) is 5.08. The van der Waals surface area contributed by atoms with Gasteiger partial charge in [0.15, 0.2) is 0 Å². The third-order valence-electron chi connectivity index (χ3n) is 2.76. The second-order valence-electron chi connectivity index (χ2n) is 4.05. The molecule has 3 heteroatoms. The predicted molar refractivity (Wildman–Crippen MR) is 52.5 cm³/mol. The second-order valence-corrected chi connectivity index (χ2v) is 4.05. The van der Waals surface area contributed by atoms with Gasteiger partial charge in [-0.1, -0.05) is 11.6 Å². The summed E-state index contributed by atoms with van der Waals surface area (Å²) in [6, 6.07) is 0.214. The predicted octanol–water partition coefficient (Wildman–Crippen LogP) is 0.270. The second kappa shape index (κ2) is 4.22. The molecule has 0 aromatic rings. The van der Waals surface area contributed by atoms with Crippen LogP contribution < -0.4 is 11.1 Å². The van der Waals surface area contributed by atoms with Crippen LogP contribution in [0.25, 0.3) is 0 Å². The van der Waals surface area contributed by atoms with E-state index >= 15 is 0 Å². The van der Waals surface area contributed by atoms with Crippen molar-refractivity contribution in [1.82, 2.24) is 5.32 Å². The van der Waals surface area contributed by atoms with Gasteiger partial charge in [-0.25, -0.2) is 0 Å². The molecule has 0 saturated carbocycles. The Morgan fingerprint density at radius 3 is 3.23 bits per heavy atom. The zero-order chi connectivity index (χ0) is 9.10. The maximum atomic E-state index is 5.83. The Bertz CT molecular complexity index is 197. The van der Waals surface area contributed by atoms with Crippen molar-refractivity contribution in [1.29, 1.82) is 0 Å². The SMILES string of the molecule is NC1C=C(CC2CCOC2)CNC1. The maximum Gasteiger partial charge on any atom is 0.0498 e. The van der Waals surface area contributed by atoms with Crippen LogP contribution in [0.2, 0.25) is 0 Å². The van der Waals surface area contributed by atoms with Crippen LogP contribution in [0.1, 0.15) is 12.8 Å². The van der Waals surface area contributed by atoms with Crippen molar-refractivity contribution >= 4 is 0 Å². The fraction of sp³-hybridized carbons (Fsp3) is 0.800. The van der Waals surface area contributed by atoms with Crippen LogP contribution in [-0.4, -0.2) is 32.3 Å². The Morgan fingerprint density at radius 1 is 1.62 bits per heavy atom. The zero-order valence-electron chi connectivity index (χ0n) is 7.96. The van der Waals surface area contributed by atoms with Crippen molar-refractivity contribution in [2.75, 3.05) is 26.3 Å². The average molecular weight is 182 g/mol. The minimum Gasteiger partial charge on any atom is -0.381 e. The Kier molecular flexibility index (Phi) is 2.98. The van der Waals surface area contributed by atoms with Gasteiger partial charge < -0.3 is 15.8 Å². The summed E-state index contributed by atoms with van der Waals surface area (Å²) in [6.07, 6.45) is 4.60. The first-order chi connectivity index (χ1) is 6.34.